The van der Waals surface area contributed by atoms with Gasteiger partial charge in [-0.1, -0.05) is 30.3 Å². The van der Waals surface area contributed by atoms with Gasteiger partial charge >= 0.3 is 0 Å². The van der Waals surface area contributed by atoms with E-state index in [0.717, 1.165) is 11.3 Å². The average molecular weight is 334 g/mol. The maximum Gasteiger partial charge on any atom is 0.274 e. The summed E-state index contributed by atoms with van der Waals surface area (Å²) in [5.41, 5.74) is 3.80. The molecular weight excluding hydrogens is 316 g/mol. The van der Waals surface area contributed by atoms with Crippen LogP contribution in [0.5, 0.6) is 11.5 Å². The molecule has 5 nitrogen and oxygen atoms in total. The van der Waals surface area contributed by atoms with Crippen LogP contribution in [0, 0.1) is 13.8 Å². The second kappa shape index (κ2) is 7.49. The first-order valence-electron chi connectivity index (χ1n) is 7.85. The summed E-state index contributed by atoms with van der Waals surface area (Å²) in [5, 5.41) is 3.99. The molecule has 0 bridgehead atoms. The Bertz CT molecular complexity index is 898. The number of nitrogens with one attached hydrogen (secondary N) is 1. The van der Waals surface area contributed by atoms with E-state index in [1.807, 2.05) is 54.6 Å². The van der Waals surface area contributed by atoms with Gasteiger partial charge in [0.2, 0.25) is 0 Å². The van der Waals surface area contributed by atoms with Crippen molar-refractivity contribution < 1.29 is 13.9 Å². The number of hydrogen-bond donors (Lipinski definition) is 1. The van der Waals surface area contributed by atoms with Gasteiger partial charge in [-0.15, -0.1) is 0 Å². The molecule has 0 atom stereocenters. The Kier molecular flexibility index (Phi) is 4.95. The van der Waals surface area contributed by atoms with Gasteiger partial charge in [0.25, 0.3) is 5.91 Å². The van der Waals surface area contributed by atoms with Gasteiger partial charge in [-0.3, -0.25) is 4.79 Å². The van der Waals surface area contributed by atoms with Gasteiger partial charge in [-0.2, -0.15) is 5.10 Å². The molecule has 0 aliphatic heterocycles. The van der Waals surface area contributed by atoms with Crippen molar-refractivity contribution in [3.63, 3.8) is 0 Å². The third-order valence-corrected chi connectivity index (χ3v) is 3.50. The zero-order chi connectivity index (χ0) is 17.6. The number of amides is 1. The summed E-state index contributed by atoms with van der Waals surface area (Å²) in [7, 11) is 0. The lowest BCUT2D eigenvalue weighted by Gasteiger charge is -2.05. The van der Waals surface area contributed by atoms with Gasteiger partial charge < -0.3 is 9.15 Å². The summed E-state index contributed by atoms with van der Waals surface area (Å²) in [6.07, 6.45) is 1.57. The third kappa shape index (κ3) is 4.35. The number of nitrogens with zero attached hydrogens (tertiary/aromatic N) is 1. The normalized spacial score (nSPS) is 10.8. The quantitative estimate of drug-likeness (QED) is 0.554. The molecule has 1 heterocycles. The van der Waals surface area contributed by atoms with Gasteiger partial charge in [-0.05, 0) is 49.7 Å². The minimum atomic E-state index is -0.303. The number of carbonyl (C=O) groups is 1. The molecule has 5 heteroatoms. The van der Waals surface area contributed by atoms with Crippen LogP contribution in [0.4, 0.5) is 0 Å². The summed E-state index contributed by atoms with van der Waals surface area (Å²) in [6.45, 7) is 3.54. The second-order valence-electron chi connectivity index (χ2n) is 5.51. The first-order chi connectivity index (χ1) is 12.1. The number of benzene rings is 2. The first-order valence-corrected chi connectivity index (χ1v) is 7.85. The van der Waals surface area contributed by atoms with Crippen molar-refractivity contribution in [3.8, 4) is 11.5 Å². The maximum absolute atomic E-state index is 12.1. The van der Waals surface area contributed by atoms with Crippen LogP contribution in [0.3, 0.4) is 0 Å². The number of hydrazone groups is 1. The molecule has 0 spiro atoms. The highest BCUT2D eigenvalue weighted by molar-refractivity contribution is 5.95. The lowest BCUT2D eigenvalue weighted by molar-refractivity contribution is 0.0953. The molecule has 3 rings (SSSR count). The molecule has 0 fully saturated rings. The van der Waals surface area contributed by atoms with E-state index < -0.39 is 0 Å². The fraction of sp³-hybridized carbons (Fsp3) is 0.100. The highest BCUT2D eigenvalue weighted by atomic mass is 16.5. The fourth-order valence-electron chi connectivity index (χ4n) is 2.36. The molecule has 1 aromatic heterocycles. The van der Waals surface area contributed by atoms with E-state index in [1.165, 1.54) is 0 Å². The van der Waals surface area contributed by atoms with Crippen molar-refractivity contribution in [2.24, 2.45) is 5.10 Å². The molecule has 0 saturated carbocycles. The topological polar surface area (TPSA) is 63.8 Å². The van der Waals surface area contributed by atoms with E-state index in [0.29, 0.717) is 22.8 Å². The Hall–Kier alpha value is -3.34. The molecule has 0 radical (unpaired) electrons. The van der Waals surface area contributed by atoms with Gasteiger partial charge in [-0.25, -0.2) is 5.43 Å². The van der Waals surface area contributed by atoms with Crippen LogP contribution in [0.25, 0.3) is 0 Å². The van der Waals surface area contributed by atoms with Crippen LogP contribution in [-0.4, -0.2) is 12.1 Å². The number of hydrogen-bond acceptors (Lipinski definition) is 4. The maximum atomic E-state index is 12.1. The third-order valence-electron chi connectivity index (χ3n) is 3.50. The Morgan fingerprint density at radius 3 is 2.52 bits per heavy atom. The van der Waals surface area contributed by atoms with E-state index in [4.69, 9.17) is 9.15 Å². The smallest absolute Gasteiger partial charge is 0.274 e. The molecule has 0 unspecified atom stereocenters. The van der Waals surface area contributed by atoms with E-state index in [2.05, 4.69) is 10.5 Å². The summed E-state index contributed by atoms with van der Waals surface area (Å²) in [6, 6.07) is 18.7. The molecule has 3 aromatic rings. The van der Waals surface area contributed by atoms with Gasteiger partial charge in [0.1, 0.15) is 23.0 Å². The molecule has 2 aromatic carbocycles. The van der Waals surface area contributed by atoms with Crippen molar-refractivity contribution in [1.82, 2.24) is 5.43 Å². The monoisotopic (exact) mass is 334 g/mol. The van der Waals surface area contributed by atoms with E-state index >= 15 is 0 Å². The zero-order valence-corrected chi connectivity index (χ0v) is 14.0. The number of furan rings is 1. The van der Waals surface area contributed by atoms with Crippen LogP contribution in [0.1, 0.15) is 27.4 Å². The zero-order valence-electron chi connectivity index (χ0n) is 14.0. The summed E-state index contributed by atoms with van der Waals surface area (Å²) in [4.78, 5) is 12.1. The van der Waals surface area contributed by atoms with Crippen LogP contribution in [0.2, 0.25) is 0 Å². The van der Waals surface area contributed by atoms with Gasteiger partial charge in [0.05, 0.1) is 11.8 Å². The molecule has 1 N–H and O–H groups in total. The summed E-state index contributed by atoms with van der Waals surface area (Å²) >= 11 is 0. The lowest BCUT2D eigenvalue weighted by atomic mass is 10.2. The largest absolute Gasteiger partial charge is 0.466 e. The molecule has 1 amide bonds. The van der Waals surface area contributed by atoms with Crippen LogP contribution in [-0.2, 0) is 0 Å². The summed E-state index contributed by atoms with van der Waals surface area (Å²) < 4.78 is 11.1. The van der Waals surface area contributed by atoms with Crippen molar-refractivity contribution >= 4 is 12.1 Å². The average Bonchev–Trinajstić information content (AvgIpc) is 2.94. The first kappa shape index (κ1) is 16.5. The number of para-hydroxylation sites is 1. The van der Waals surface area contributed by atoms with E-state index in [1.54, 1.807) is 26.1 Å². The van der Waals surface area contributed by atoms with E-state index in [9.17, 15) is 4.79 Å². The number of aryl methyl sites for hydroxylation is 2. The van der Waals surface area contributed by atoms with Gasteiger partial charge in [0.15, 0.2) is 0 Å². The Balaban J connectivity index is 1.64. The standard InChI is InChI=1S/C20H18N2O3/c1-14-11-19(15(2)24-14)20(23)22-21-13-16-7-6-10-18(12-16)25-17-8-4-3-5-9-17/h3-13H,1-2H3,(H,22,23)/b21-13+. The molecular formula is C20H18N2O3. The lowest BCUT2D eigenvalue weighted by Crippen LogP contribution is -2.17. The highest BCUT2D eigenvalue weighted by Crippen LogP contribution is 2.21. The summed E-state index contributed by atoms with van der Waals surface area (Å²) in [5.74, 6) is 2.42. The van der Waals surface area contributed by atoms with Crippen LogP contribution >= 0.6 is 0 Å². The minimum Gasteiger partial charge on any atom is -0.466 e. The Labute approximate surface area is 145 Å². The molecule has 0 aliphatic rings. The van der Waals surface area contributed by atoms with Crippen molar-refractivity contribution in [1.29, 1.82) is 0 Å². The van der Waals surface area contributed by atoms with E-state index in [-0.39, 0.29) is 5.91 Å². The molecule has 25 heavy (non-hydrogen) atoms. The fourth-order valence-corrected chi connectivity index (χ4v) is 2.36. The minimum absolute atomic E-state index is 0.303. The Morgan fingerprint density at radius 1 is 1.04 bits per heavy atom. The molecule has 126 valence electrons. The SMILES string of the molecule is Cc1cc(C(=O)N/N=C/c2cccc(Oc3ccccc3)c2)c(C)o1. The van der Waals surface area contributed by atoms with Crippen LogP contribution < -0.4 is 10.2 Å². The van der Waals surface area contributed by atoms with Crippen molar-refractivity contribution in [3.05, 3.63) is 83.3 Å². The number of ether oxygens (including phenoxy) is 1. The van der Waals surface area contributed by atoms with Gasteiger partial charge in [0, 0.05) is 0 Å². The Morgan fingerprint density at radius 2 is 1.80 bits per heavy atom. The molecule has 0 aliphatic carbocycles. The predicted octanol–water partition coefficient (Wildman–Crippen LogP) is 4.45. The number of rotatable bonds is 5. The second-order valence-corrected chi connectivity index (χ2v) is 5.51. The van der Waals surface area contributed by atoms with Crippen LogP contribution in [0.15, 0.2) is 70.2 Å². The van der Waals surface area contributed by atoms with Crippen molar-refractivity contribution in [2.75, 3.05) is 0 Å². The number of carbonyl (C=O) groups excluding carboxylic acids is 1. The predicted molar refractivity (Wildman–Crippen MR) is 96.2 cm³/mol. The highest BCUT2D eigenvalue weighted by Gasteiger charge is 2.12. The van der Waals surface area contributed by atoms with Crippen molar-refractivity contribution in [2.45, 2.75) is 13.8 Å². The molecule has 0 saturated heterocycles.